The van der Waals surface area contributed by atoms with Crippen molar-refractivity contribution in [1.29, 1.82) is 0 Å². The van der Waals surface area contributed by atoms with Gasteiger partial charge in [-0.3, -0.25) is 0 Å². The summed E-state index contributed by atoms with van der Waals surface area (Å²) in [6.45, 7) is 0. The van der Waals surface area contributed by atoms with Crippen LogP contribution < -0.4 is 4.72 Å². The Morgan fingerprint density at radius 1 is 1.35 bits per heavy atom. The highest BCUT2D eigenvalue weighted by molar-refractivity contribution is 9.09. The minimum absolute atomic E-state index is 0.291. The van der Waals surface area contributed by atoms with Crippen molar-refractivity contribution in [3.05, 3.63) is 17.5 Å². The van der Waals surface area contributed by atoms with E-state index in [1.54, 1.807) is 17.5 Å². The largest absolute Gasteiger partial charge is 0.250 e. The van der Waals surface area contributed by atoms with Crippen molar-refractivity contribution in [1.82, 2.24) is 4.72 Å². The Morgan fingerprint density at radius 3 is 2.59 bits per heavy atom. The molecule has 1 aromatic rings. The predicted molar refractivity (Wildman–Crippen MR) is 74.3 cm³/mol. The number of hydrogen-bond acceptors (Lipinski definition) is 3. The van der Waals surface area contributed by atoms with Crippen molar-refractivity contribution in [2.45, 2.75) is 41.9 Å². The van der Waals surface area contributed by atoms with Gasteiger partial charge in [0.1, 0.15) is 4.21 Å². The summed E-state index contributed by atoms with van der Waals surface area (Å²) in [5.41, 5.74) is -0.291. The average Bonchev–Trinajstić information content (AvgIpc) is 2.84. The Morgan fingerprint density at radius 2 is 2.06 bits per heavy atom. The van der Waals surface area contributed by atoms with Gasteiger partial charge in [-0.2, -0.15) is 0 Å². The highest BCUT2D eigenvalue weighted by Crippen LogP contribution is 2.32. The first kappa shape index (κ1) is 13.5. The average molecular weight is 338 g/mol. The molecule has 1 aromatic heterocycles. The fraction of sp³-hybridized carbons (Fsp3) is 0.636. The molecule has 0 unspecified atom stereocenters. The quantitative estimate of drug-likeness (QED) is 0.858. The third-order valence-corrected chi connectivity index (χ3v) is 7.23. The van der Waals surface area contributed by atoms with Gasteiger partial charge in [0, 0.05) is 10.9 Å². The van der Waals surface area contributed by atoms with Crippen LogP contribution in [0.2, 0.25) is 0 Å². The van der Waals surface area contributed by atoms with Crippen molar-refractivity contribution in [3.8, 4) is 0 Å². The highest BCUT2D eigenvalue weighted by atomic mass is 79.9. The van der Waals surface area contributed by atoms with Gasteiger partial charge in [-0.15, -0.1) is 11.3 Å². The molecule has 0 amide bonds. The molecule has 2 rings (SSSR count). The van der Waals surface area contributed by atoms with E-state index < -0.39 is 10.0 Å². The Hall–Kier alpha value is 0.0900. The van der Waals surface area contributed by atoms with Crippen molar-refractivity contribution in [2.24, 2.45) is 0 Å². The summed E-state index contributed by atoms with van der Waals surface area (Å²) in [5, 5.41) is 2.47. The van der Waals surface area contributed by atoms with Gasteiger partial charge in [-0.05, 0) is 24.3 Å². The van der Waals surface area contributed by atoms with Gasteiger partial charge in [0.2, 0.25) is 0 Å². The number of sulfonamides is 1. The molecule has 17 heavy (non-hydrogen) atoms. The third-order valence-electron chi connectivity index (χ3n) is 3.18. The molecule has 0 atom stereocenters. The topological polar surface area (TPSA) is 46.2 Å². The lowest BCUT2D eigenvalue weighted by Gasteiger charge is -2.36. The molecule has 0 bridgehead atoms. The molecule has 1 saturated carbocycles. The summed E-state index contributed by atoms with van der Waals surface area (Å²) in [4.78, 5) is 0. The second-order valence-corrected chi connectivity index (χ2v) is 7.93. The molecule has 6 heteroatoms. The number of rotatable bonds is 4. The van der Waals surface area contributed by atoms with Crippen LogP contribution in [-0.4, -0.2) is 19.3 Å². The van der Waals surface area contributed by atoms with Gasteiger partial charge in [0.25, 0.3) is 10.0 Å². The molecule has 0 aromatic carbocycles. The zero-order valence-electron chi connectivity index (χ0n) is 9.49. The molecule has 1 aliphatic rings. The summed E-state index contributed by atoms with van der Waals surface area (Å²) < 4.78 is 27.7. The number of nitrogens with one attached hydrogen (secondary N) is 1. The second kappa shape index (κ2) is 5.38. The summed E-state index contributed by atoms with van der Waals surface area (Å²) in [7, 11) is -3.35. The zero-order valence-corrected chi connectivity index (χ0v) is 12.7. The van der Waals surface area contributed by atoms with Gasteiger partial charge in [0.05, 0.1) is 0 Å². The van der Waals surface area contributed by atoms with Crippen LogP contribution in [0.4, 0.5) is 0 Å². The molecule has 1 aliphatic carbocycles. The monoisotopic (exact) mass is 337 g/mol. The molecular weight excluding hydrogens is 322 g/mol. The Kier molecular flexibility index (Phi) is 4.28. The van der Waals surface area contributed by atoms with E-state index in [4.69, 9.17) is 0 Å². The van der Waals surface area contributed by atoms with Crippen LogP contribution in [0.15, 0.2) is 21.7 Å². The van der Waals surface area contributed by atoms with Crippen molar-refractivity contribution in [2.75, 3.05) is 5.33 Å². The molecule has 1 fully saturated rings. The smallest absolute Gasteiger partial charge is 0.206 e. The maximum absolute atomic E-state index is 12.2. The van der Waals surface area contributed by atoms with Crippen LogP contribution in [-0.2, 0) is 10.0 Å². The number of alkyl halides is 1. The lowest BCUT2D eigenvalue weighted by Crippen LogP contribution is -2.50. The molecule has 0 spiro atoms. The van der Waals surface area contributed by atoms with E-state index in [0.717, 1.165) is 25.7 Å². The molecule has 0 radical (unpaired) electrons. The first-order valence-electron chi connectivity index (χ1n) is 5.71. The van der Waals surface area contributed by atoms with Crippen molar-refractivity contribution >= 4 is 37.3 Å². The molecule has 1 heterocycles. The van der Waals surface area contributed by atoms with Gasteiger partial charge < -0.3 is 0 Å². The summed E-state index contributed by atoms with van der Waals surface area (Å²) >= 11 is 4.72. The van der Waals surface area contributed by atoms with Crippen LogP contribution in [0.3, 0.4) is 0 Å². The number of thiophene rings is 1. The SMILES string of the molecule is O=S(=O)(NC1(CBr)CCCCC1)c1cccs1. The van der Waals surface area contributed by atoms with Gasteiger partial charge >= 0.3 is 0 Å². The fourth-order valence-electron chi connectivity index (χ4n) is 2.24. The van der Waals surface area contributed by atoms with E-state index in [2.05, 4.69) is 20.7 Å². The lowest BCUT2D eigenvalue weighted by atomic mass is 9.84. The molecular formula is C11H16BrNO2S2. The minimum Gasteiger partial charge on any atom is -0.206 e. The minimum atomic E-state index is -3.35. The number of halogens is 1. The third kappa shape index (κ3) is 3.10. The van der Waals surface area contributed by atoms with Gasteiger partial charge in [-0.25, -0.2) is 13.1 Å². The lowest BCUT2D eigenvalue weighted by molar-refractivity contribution is 0.301. The van der Waals surface area contributed by atoms with E-state index in [-0.39, 0.29) is 5.54 Å². The Bertz CT molecular complexity index is 450. The molecule has 0 saturated heterocycles. The van der Waals surface area contributed by atoms with Crippen LogP contribution in [0.1, 0.15) is 32.1 Å². The fourth-order valence-corrected chi connectivity index (χ4v) is 5.58. The zero-order chi connectivity index (χ0) is 12.4. The summed E-state index contributed by atoms with van der Waals surface area (Å²) in [6, 6.07) is 3.42. The standard InChI is InChI=1S/C11H16BrNO2S2/c12-9-11(6-2-1-3-7-11)13-17(14,15)10-5-4-8-16-10/h4-5,8,13H,1-3,6-7,9H2. The predicted octanol–water partition coefficient (Wildman–Crippen LogP) is 3.12. The van der Waals surface area contributed by atoms with E-state index in [0.29, 0.717) is 9.54 Å². The van der Waals surface area contributed by atoms with Crippen LogP contribution in [0.5, 0.6) is 0 Å². The highest BCUT2D eigenvalue weighted by Gasteiger charge is 2.35. The molecule has 0 aliphatic heterocycles. The summed E-state index contributed by atoms with van der Waals surface area (Å²) in [5.74, 6) is 0. The van der Waals surface area contributed by atoms with Crippen LogP contribution in [0, 0.1) is 0 Å². The van der Waals surface area contributed by atoms with E-state index in [1.807, 2.05) is 0 Å². The van der Waals surface area contributed by atoms with Crippen molar-refractivity contribution < 1.29 is 8.42 Å². The maximum atomic E-state index is 12.2. The Labute approximate surface area is 115 Å². The van der Waals surface area contributed by atoms with Gasteiger partial charge in [0.15, 0.2) is 0 Å². The molecule has 3 nitrogen and oxygen atoms in total. The van der Waals surface area contributed by atoms with E-state index >= 15 is 0 Å². The second-order valence-electron chi connectivity index (χ2n) is 4.51. The first-order valence-corrected chi connectivity index (χ1v) is 9.20. The Balaban J connectivity index is 2.19. The maximum Gasteiger partial charge on any atom is 0.250 e. The van der Waals surface area contributed by atoms with Crippen molar-refractivity contribution in [3.63, 3.8) is 0 Å². The molecule has 1 N–H and O–H groups in total. The van der Waals surface area contributed by atoms with E-state index in [9.17, 15) is 8.42 Å². The first-order chi connectivity index (χ1) is 8.08. The van der Waals surface area contributed by atoms with Crippen LogP contribution >= 0.6 is 27.3 Å². The van der Waals surface area contributed by atoms with Crippen LogP contribution in [0.25, 0.3) is 0 Å². The van der Waals surface area contributed by atoms with Gasteiger partial charge in [-0.1, -0.05) is 41.3 Å². The molecule has 96 valence electrons. The summed E-state index contributed by atoms with van der Waals surface area (Å²) in [6.07, 6.45) is 5.23. The normalized spacial score (nSPS) is 20.3. The van der Waals surface area contributed by atoms with E-state index in [1.165, 1.54) is 17.8 Å². The number of hydrogen-bond donors (Lipinski definition) is 1.